The molecule has 0 aromatic carbocycles. The molecule has 2 fully saturated rings. The lowest BCUT2D eigenvalue weighted by atomic mass is 10.00. The molecule has 2 saturated heterocycles. The number of carbonyl (C=O) groups excluding carboxylic acids is 2. The molecule has 118 valence electrons. The van der Waals surface area contributed by atoms with Crippen LogP contribution in [0.2, 0.25) is 0 Å². The monoisotopic (exact) mass is 360 g/mol. The summed E-state index contributed by atoms with van der Waals surface area (Å²) in [6.45, 7) is 1.39. The van der Waals surface area contributed by atoms with E-state index in [2.05, 4.69) is 0 Å². The van der Waals surface area contributed by atoms with Crippen LogP contribution >= 0.6 is 34.7 Å². The van der Waals surface area contributed by atoms with Crippen molar-refractivity contribution in [3.05, 3.63) is 16.8 Å². The van der Waals surface area contributed by atoms with E-state index in [1.54, 1.807) is 6.07 Å². The van der Waals surface area contributed by atoms with E-state index in [-0.39, 0.29) is 29.5 Å². The highest BCUT2D eigenvalue weighted by atomic mass is 35.5. The lowest BCUT2D eigenvalue weighted by Crippen LogP contribution is -2.75. The number of fused-ring (bicyclic) bond motifs is 1. The largest absolute Gasteiger partial charge is 0.480 e. The second-order valence-corrected chi connectivity index (χ2v) is 7.86. The van der Waals surface area contributed by atoms with Crippen LogP contribution in [0.1, 0.15) is 6.92 Å². The summed E-state index contributed by atoms with van der Waals surface area (Å²) in [5.74, 6) is -1.40. The van der Waals surface area contributed by atoms with Crippen molar-refractivity contribution >= 4 is 58.2 Å². The zero-order chi connectivity index (χ0) is 16.1. The van der Waals surface area contributed by atoms with Gasteiger partial charge in [0.05, 0.1) is 12.2 Å². The van der Waals surface area contributed by atoms with Gasteiger partial charge in [0.25, 0.3) is 0 Å². The molecular weight excluding hydrogens is 348 g/mol. The maximum atomic E-state index is 12.4. The fourth-order valence-corrected chi connectivity index (χ4v) is 5.06. The van der Waals surface area contributed by atoms with Crippen LogP contribution in [-0.2, 0) is 14.4 Å². The first kappa shape index (κ1) is 15.6. The van der Waals surface area contributed by atoms with E-state index >= 15 is 0 Å². The molecule has 1 aromatic rings. The van der Waals surface area contributed by atoms with Gasteiger partial charge in [-0.1, -0.05) is 0 Å². The normalized spacial score (nSPS) is 30.5. The molecule has 0 bridgehead atoms. The zero-order valence-corrected chi connectivity index (χ0v) is 14.0. The molecule has 3 rings (SSSR count). The molecule has 2 unspecified atom stereocenters. The highest BCUT2D eigenvalue weighted by molar-refractivity contribution is 8.00. The van der Waals surface area contributed by atoms with E-state index in [1.165, 1.54) is 39.8 Å². The Hall–Kier alpha value is -1.25. The van der Waals surface area contributed by atoms with Crippen LogP contribution in [0, 0.1) is 0 Å². The van der Waals surface area contributed by atoms with Crippen molar-refractivity contribution < 1.29 is 19.5 Å². The molecule has 3 atom stereocenters. The zero-order valence-electron chi connectivity index (χ0n) is 11.6. The van der Waals surface area contributed by atoms with Crippen LogP contribution in [0.15, 0.2) is 16.8 Å². The van der Waals surface area contributed by atoms with Gasteiger partial charge in [-0.25, -0.2) is 0 Å². The number of carboxylic acid groups (broad SMARTS) is 1. The first-order valence-corrected chi connectivity index (χ1v) is 8.88. The first-order valence-electron chi connectivity index (χ1n) is 6.51. The van der Waals surface area contributed by atoms with Crippen molar-refractivity contribution in [2.45, 2.75) is 23.2 Å². The number of hydrogen-bond donors (Lipinski definition) is 1. The van der Waals surface area contributed by atoms with E-state index in [1.807, 2.05) is 10.8 Å². The van der Waals surface area contributed by atoms with Crippen molar-refractivity contribution in [1.82, 2.24) is 4.90 Å². The topological polar surface area (TPSA) is 77.9 Å². The Morgan fingerprint density at radius 2 is 2.27 bits per heavy atom. The van der Waals surface area contributed by atoms with Gasteiger partial charge in [0, 0.05) is 18.1 Å². The molecule has 0 spiro atoms. The Bertz CT molecular complexity index is 638. The Morgan fingerprint density at radius 1 is 1.55 bits per heavy atom. The minimum atomic E-state index is -1.45. The first-order chi connectivity index (χ1) is 10.3. The van der Waals surface area contributed by atoms with Gasteiger partial charge in [-0.3, -0.25) is 19.3 Å². The molecule has 9 heteroatoms. The van der Waals surface area contributed by atoms with Crippen LogP contribution in [0.5, 0.6) is 0 Å². The predicted octanol–water partition coefficient (Wildman–Crippen LogP) is 1.45. The van der Waals surface area contributed by atoms with Gasteiger partial charge < -0.3 is 10.0 Å². The summed E-state index contributed by atoms with van der Waals surface area (Å²) in [5, 5.41) is 12.6. The maximum Gasteiger partial charge on any atom is 0.327 e. The van der Waals surface area contributed by atoms with Crippen molar-refractivity contribution in [3.8, 4) is 0 Å². The number of thiophene rings is 1. The second kappa shape index (κ2) is 5.43. The summed E-state index contributed by atoms with van der Waals surface area (Å²) in [4.78, 5) is 37.1. The average Bonchev–Trinajstić information content (AvgIpc) is 2.98. The lowest BCUT2D eigenvalue weighted by molar-refractivity contribution is -0.150. The molecule has 1 aromatic heterocycles. The fraction of sp³-hybridized carbons (Fsp3) is 0.462. The van der Waals surface area contributed by atoms with E-state index < -0.39 is 16.9 Å². The number of anilines is 1. The van der Waals surface area contributed by atoms with Gasteiger partial charge >= 0.3 is 5.97 Å². The summed E-state index contributed by atoms with van der Waals surface area (Å²) in [6, 6.07) is 1.20. The third-order valence-electron chi connectivity index (χ3n) is 3.80. The fourth-order valence-electron chi connectivity index (χ4n) is 2.69. The molecule has 0 saturated carbocycles. The Labute approximate surface area is 140 Å². The second-order valence-electron chi connectivity index (χ2n) is 5.25. The molecule has 0 radical (unpaired) electrons. The SMILES string of the molecule is CC(=O)N(c1ccsc1)C1C(=O)N2CC(Cl)(C(=O)O)CS[C@H]12. The summed E-state index contributed by atoms with van der Waals surface area (Å²) >= 11 is 8.82. The maximum absolute atomic E-state index is 12.4. The minimum absolute atomic E-state index is 0.0354. The number of carbonyl (C=O) groups is 3. The van der Waals surface area contributed by atoms with Crippen molar-refractivity contribution in [1.29, 1.82) is 0 Å². The number of nitrogens with zero attached hydrogens (tertiary/aromatic N) is 2. The van der Waals surface area contributed by atoms with Gasteiger partial charge in [-0.2, -0.15) is 11.3 Å². The third kappa shape index (κ3) is 2.29. The number of thioether (sulfide) groups is 1. The number of rotatable bonds is 3. The smallest absolute Gasteiger partial charge is 0.327 e. The van der Waals surface area contributed by atoms with Crippen LogP contribution in [0.4, 0.5) is 5.69 Å². The van der Waals surface area contributed by atoms with Crippen molar-refractivity contribution in [3.63, 3.8) is 0 Å². The number of β-lactam (4-membered cyclic amide) rings is 1. The number of halogens is 1. The summed E-state index contributed by atoms with van der Waals surface area (Å²) in [5.41, 5.74) is 0.692. The van der Waals surface area contributed by atoms with E-state index in [0.29, 0.717) is 5.69 Å². The third-order valence-corrected chi connectivity index (χ3v) is 6.56. The van der Waals surface area contributed by atoms with Crippen molar-refractivity contribution in [2.75, 3.05) is 17.2 Å². The quantitative estimate of drug-likeness (QED) is 0.652. The standard InChI is InChI=1S/C13H13ClN2O4S2/c1-7(17)16(8-2-3-21-4-8)9-10(18)15-5-13(14,12(19)20)6-22-11(9)15/h2-4,9,11H,5-6H2,1H3,(H,19,20)/t9?,11-,13?/m1/s1. The van der Waals surface area contributed by atoms with Crippen LogP contribution in [0.25, 0.3) is 0 Å². The summed E-state index contributed by atoms with van der Waals surface area (Å²) in [6.07, 6.45) is 0. The average molecular weight is 361 g/mol. The van der Waals surface area contributed by atoms with Crippen LogP contribution < -0.4 is 4.90 Å². The molecule has 2 amide bonds. The number of alkyl halides is 1. The van der Waals surface area contributed by atoms with E-state index in [9.17, 15) is 19.5 Å². The van der Waals surface area contributed by atoms with Crippen molar-refractivity contribution in [2.24, 2.45) is 0 Å². The van der Waals surface area contributed by atoms with Crippen LogP contribution in [0.3, 0.4) is 0 Å². The molecular formula is C13H13ClN2O4S2. The Morgan fingerprint density at radius 3 is 2.82 bits per heavy atom. The number of aliphatic carboxylic acids is 1. The van der Waals surface area contributed by atoms with Gasteiger partial charge in [-0.05, 0) is 11.4 Å². The number of hydrogen-bond acceptors (Lipinski definition) is 5. The van der Waals surface area contributed by atoms with E-state index in [0.717, 1.165) is 0 Å². The molecule has 0 aliphatic carbocycles. The highest BCUT2D eigenvalue weighted by Crippen LogP contribution is 2.44. The summed E-state index contributed by atoms with van der Waals surface area (Å²) < 4.78 is 0. The predicted molar refractivity (Wildman–Crippen MR) is 85.4 cm³/mol. The van der Waals surface area contributed by atoms with Gasteiger partial charge in [-0.15, -0.1) is 23.4 Å². The highest BCUT2D eigenvalue weighted by Gasteiger charge is 2.59. The molecule has 2 aliphatic rings. The molecule has 2 aliphatic heterocycles. The molecule has 22 heavy (non-hydrogen) atoms. The van der Waals surface area contributed by atoms with Gasteiger partial charge in [0.1, 0.15) is 11.4 Å². The van der Waals surface area contributed by atoms with Gasteiger partial charge in [0.2, 0.25) is 11.8 Å². The van der Waals surface area contributed by atoms with Gasteiger partial charge in [0.15, 0.2) is 4.87 Å². The molecule has 3 heterocycles. The Kier molecular flexibility index (Phi) is 3.86. The molecule has 1 N–H and O–H groups in total. The van der Waals surface area contributed by atoms with Crippen LogP contribution in [-0.4, -0.2) is 56.4 Å². The lowest BCUT2D eigenvalue weighted by Gasteiger charge is -2.54. The molecule has 6 nitrogen and oxygen atoms in total. The number of amides is 2. The summed E-state index contributed by atoms with van der Waals surface area (Å²) in [7, 11) is 0. The number of carboxylic acids is 1. The van der Waals surface area contributed by atoms with E-state index in [4.69, 9.17) is 11.6 Å². The minimum Gasteiger partial charge on any atom is -0.480 e. The Balaban J connectivity index is 1.83.